The Labute approximate surface area is 58.8 Å². The van der Waals surface area contributed by atoms with Gasteiger partial charge in [-0.3, -0.25) is 4.79 Å². The molecule has 0 rings (SSSR count). The molecule has 0 radical (unpaired) electrons. The summed E-state index contributed by atoms with van der Waals surface area (Å²) in [6, 6.07) is 0. The van der Waals surface area contributed by atoms with Gasteiger partial charge in [0.05, 0.1) is 14.9 Å². The molecule has 1 nitrogen and oxygen atoms in total. The molecule has 0 aromatic heterocycles. The minimum atomic E-state index is -0.129. The van der Waals surface area contributed by atoms with Crippen molar-refractivity contribution in [1.82, 2.24) is 0 Å². The van der Waals surface area contributed by atoms with Gasteiger partial charge in [0.1, 0.15) is 5.78 Å². The van der Waals surface area contributed by atoms with Crippen molar-refractivity contribution in [1.29, 1.82) is 0 Å². The first-order valence-electron chi connectivity index (χ1n) is 3.51. The summed E-state index contributed by atoms with van der Waals surface area (Å²) in [5.74, 6) is 0.366. The fraction of sp³-hybridized carbons (Fsp3) is 0.833. The summed E-state index contributed by atoms with van der Waals surface area (Å²) in [6.45, 7) is 5.89. The third-order valence-corrected chi connectivity index (χ3v) is 1.31. The summed E-state index contributed by atoms with van der Waals surface area (Å²) in [5.41, 5.74) is -0.129. The van der Waals surface area contributed by atoms with Crippen LogP contribution in [0, 0.1) is 5.41 Å². The molecule has 50 valence electrons. The maximum absolute atomic E-state index is 11.1. The van der Waals surface area contributed by atoms with Gasteiger partial charge in [-0.15, -0.1) is 0 Å². The highest BCUT2D eigenvalue weighted by Gasteiger charge is 2.19. The zero-order valence-electron chi connectivity index (χ0n) is 6.82. The van der Waals surface area contributed by atoms with E-state index in [0.717, 1.165) is 13.5 Å². The number of carbonyl (C=O) groups excluding carboxylic acids is 1. The molecule has 0 saturated carbocycles. The molecular formula is C6H14B2O. The average molecular weight is 124 g/mol. The summed E-state index contributed by atoms with van der Waals surface area (Å²) in [7, 11) is 3.00. The molecule has 9 heavy (non-hydrogen) atoms. The average Bonchev–Trinajstić information content (AvgIpc) is 1.64. The summed E-state index contributed by atoms with van der Waals surface area (Å²) in [6.07, 6.45) is 0.726. The zero-order valence-corrected chi connectivity index (χ0v) is 6.82. The second kappa shape index (κ2) is 3.09. The van der Waals surface area contributed by atoms with Crippen LogP contribution >= 0.6 is 0 Å². The van der Waals surface area contributed by atoms with Gasteiger partial charge in [-0.05, 0) is 6.32 Å². The van der Waals surface area contributed by atoms with E-state index in [0.29, 0.717) is 5.78 Å². The molecular weight excluding hydrogens is 110 g/mol. The number of Topliss-reactive ketones (excluding diaryl/α,β-unsaturated/α-hetero) is 1. The maximum atomic E-state index is 11.1. The van der Waals surface area contributed by atoms with Crippen LogP contribution in [0.1, 0.15) is 20.8 Å². The molecule has 0 atom stereocenters. The number of hydrogen-bond acceptors (Lipinski definition) is 1. The van der Waals surface area contributed by atoms with Gasteiger partial charge in [0, 0.05) is 5.41 Å². The van der Waals surface area contributed by atoms with Crippen molar-refractivity contribution in [2.75, 3.05) is 0 Å². The van der Waals surface area contributed by atoms with E-state index >= 15 is 0 Å². The Hall–Kier alpha value is -0.200. The minimum Gasteiger partial charge on any atom is -0.300 e. The lowest BCUT2D eigenvalue weighted by atomic mass is 9.51. The molecule has 0 amide bonds. The molecule has 0 saturated heterocycles. The van der Waals surface area contributed by atoms with E-state index in [-0.39, 0.29) is 5.41 Å². The van der Waals surface area contributed by atoms with E-state index in [1.165, 1.54) is 0 Å². The Morgan fingerprint density at radius 2 is 2.00 bits per heavy atom. The normalized spacial score (nSPS) is 11.0. The van der Waals surface area contributed by atoms with Gasteiger partial charge in [-0.25, -0.2) is 0 Å². The van der Waals surface area contributed by atoms with E-state index in [9.17, 15) is 4.79 Å². The number of ketones is 1. The topological polar surface area (TPSA) is 17.1 Å². The van der Waals surface area contributed by atoms with Gasteiger partial charge >= 0.3 is 0 Å². The summed E-state index contributed by atoms with van der Waals surface area (Å²) in [4.78, 5) is 11.1. The summed E-state index contributed by atoms with van der Waals surface area (Å²) < 4.78 is 0. The van der Waals surface area contributed by atoms with Crippen molar-refractivity contribution in [3.8, 4) is 0 Å². The van der Waals surface area contributed by atoms with E-state index in [1.807, 2.05) is 28.5 Å². The molecule has 0 aliphatic rings. The van der Waals surface area contributed by atoms with E-state index < -0.39 is 0 Å². The third kappa shape index (κ3) is 3.39. The molecule has 0 heterocycles. The first kappa shape index (κ1) is 8.80. The van der Waals surface area contributed by atoms with Crippen LogP contribution in [0.4, 0.5) is 0 Å². The predicted octanol–water partition coefficient (Wildman–Crippen LogP) is 0.00450. The first-order valence-corrected chi connectivity index (χ1v) is 3.51. The highest BCUT2D eigenvalue weighted by molar-refractivity contribution is 6.90. The largest absolute Gasteiger partial charge is 0.300 e. The van der Waals surface area contributed by atoms with Crippen LogP contribution in [0.2, 0.25) is 6.32 Å². The smallest absolute Gasteiger partial charge is 0.130 e. The Morgan fingerprint density at radius 3 is 2.11 bits per heavy atom. The molecule has 0 aromatic carbocycles. The van der Waals surface area contributed by atoms with E-state index in [1.54, 1.807) is 0 Å². The molecule has 0 fully saturated rings. The molecule has 0 spiro atoms. The fourth-order valence-corrected chi connectivity index (χ4v) is 0.602. The second-order valence-corrected chi connectivity index (χ2v) is 3.42. The Balaban J connectivity index is 3.74. The first-order chi connectivity index (χ1) is 3.98. The van der Waals surface area contributed by atoms with Crippen LogP contribution in [-0.2, 0) is 4.79 Å². The molecule has 3 heteroatoms. The van der Waals surface area contributed by atoms with Crippen LogP contribution in [0.5, 0.6) is 0 Å². The molecule has 0 aliphatic carbocycles. The van der Waals surface area contributed by atoms with Crippen molar-refractivity contribution >= 4 is 20.7 Å². The third-order valence-electron chi connectivity index (χ3n) is 1.31. The van der Waals surface area contributed by atoms with E-state index in [2.05, 4.69) is 0 Å². The number of rotatable bonds is 2. The van der Waals surface area contributed by atoms with Gasteiger partial charge in [-0.2, -0.15) is 0 Å². The van der Waals surface area contributed by atoms with Crippen molar-refractivity contribution in [3.63, 3.8) is 0 Å². The monoisotopic (exact) mass is 124 g/mol. The SMILES string of the molecule is BBCC(=O)C(C)(C)C. The molecule has 0 aromatic rings. The lowest BCUT2D eigenvalue weighted by Gasteiger charge is -2.15. The van der Waals surface area contributed by atoms with Crippen LogP contribution < -0.4 is 0 Å². The Morgan fingerprint density at radius 1 is 1.56 bits per heavy atom. The minimum absolute atomic E-state index is 0.129. The predicted molar refractivity (Wildman–Crippen MR) is 45.0 cm³/mol. The van der Waals surface area contributed by atoms with E-state index in [4.69, 9.17) is 0 Å². The van der Waals surface area contributed by atoms with Gasteiger partial charge in [0.2, 0.25) is 0 Å². The second-order valence-electron chi connectivity index (χ2n) is 3.42. The number of hydrogen-bond donors (Lipinski definition) is 0. The van der Waals surface area contributed by atoms with Gasteiger partial charge in [0.25, 0.3) is 0 Å². The van der Waals surface area contributed by atoms with Gasteiger partial charge < -0.3 is 0 Å². The van der Waals surface area contributed by atoms with Crippen molar-refractivity contribution in [2.24, 2.45) is 5.41 Å². The van der Waals surface area contributed by atoms with Crippen LogP contribution in [0.3, 0.4) is 0 Å². The van der Waals surface area contributed by atoms with Gasteiger partial charge in [0.15, 0.2) is 0 Å². The van der Waals surface area contributed by atoms with Crippen molar-refractivity contribution in [2.45, 2.75) is 27.1 Å². The molecule has 0 aliphatic heterocycles. The highest BCUT2D eigenvalue weighted by atomic mass is 16.1. The Bertz CT molecular complexity index is 104. The van der Waals surface area contributed by atoms with Crippen molar-refractivity contribution in [3.05, 3.63) is 0 Å². The molecule has 0 bridgehead atoms. The fourth-order valence-electron chi connectivity index (χ4n) is 0.602. The van der Waals surface area contributed by atoms with Crippen LogP contribution in [-0.4, -0.2) is 20.7 Å². The van der Waals surface area contributed by atoms with Gasteiger partial charge in [-0.1, -0.05) is 20.8 Å². The molecule has 0 N–H and O–H groups in total. The zero-order chi connectivity index (χ0) is 7.49. The van der Waals surface area contributed by atoms with Crippen LogP contribution in [0.15, 0.2) is 0 Å². The molecule has 0 unspecified atom stereocenters. The standard InChI is InChI=1S/C6H14B2O/c1-6(2,3)5(9)4-8-7/h8H,4,7H2,1-3H3. The summed E-state index contributed by atoms with van der Waals surface area (Å²) >= 11 is 0. The van der Waals surface area contributed by atoms with Crippen LogP contribution in [0.25, 0.3) is 0 Å². The summed E-state index contributed by atoms with van der Waals surface area (Å²) in [5, 5.41) is 0. The lowest BCUT2D eigenvalue weighted by Crippen LogP contribution is -2.21. The number of carbonyl (C=O) groups is 1. The Kier molecular flexibility index (Phi) is 3.02. The lowest BCUT2D eigenvalue weighted by molar-refractivity contribution is -0.123. The quantitative estimate of drug-likeness (QED) is 0.473. The van der Waals surface area contributed by atoms with Crippen molar-refractivity contribution < 1.29 is 4.79 Å². The maximum Gasteiger partial charge on any atom is 0.130 e. The highest BCUT2D eigenvalue weighted by Crippen LogP contribution is 2.15.